The second-order valence-electron chi connectivity index (χ2n) is 10.1. The first-order chi connectivity index (χ1) is 17.6. The van der Waals surface area contributed by atoms with Gasteiger partial charge in [-0.3, -0.25) is 4.98 Å². The first-order valence-corrected chi connectivity index (χ1v) is 12.9. The van der Waals surface area contributed by atoms with Crippen LogP contribution >= 0.6 is 0 Å². The summed E-state index contributed by atoms with van der Waals surface area (Å²) in [7, 11) is 0. The number of rotatable bonds is 4. The van der Waals surface area contributed by atoms with Crippen LogP contribution in [0.1, 0.15) is 44.6 Å². The summed E-state index contributed by atoms with van der Waals surface area (Å²) in [5.41, 5.74) is 7.59. The lowest BCUT2D eigenvalue weighted by molar-refractivity contribution is -0.00545. The minimum Gasteiger partial charge on any atom is -0.372 e. The molecule has 4 aromatic rings. The number of morpholine rings is 1. The first-order valence-electron chi connectivity index (χ1n) is 12.9. The molecule has 0 bridgehead atoms. The molecule has 0 radical (unpaired) electrons. The van der Waals surface area contributed by atoms with Crippen molar-refractivity contribution in [3.63, 3.8) is 0 Å². The Morgan fingerprint density at radius 3 is 2.25 bits per heavy atom. The Morgan fingerprint density at radius 2 is 1.61 bits per heavy atom. The van der Waals surface area contributed by atoms with Crippen molar-refractivity contribution in [2.75, 3.05) is 18.0 Å². The zero-order chi connectivity index (χ0) is 24.6. The maximum atomic E-state index is 7.25. The highest BCUT2D eigenvalue weighted by atomic mass is 16.5. The van der Waals surface area contributed by atoms with Crippen LogP contribution in [0.2, 0.25) is 0 Å². The Balaban J connectivity index is 1.41. The third-order valence-electron chi connectivity index (χ3n) is 7.56. The maximum absolute atomic E-state index is 7.25. The van der Waals surface area contributed by atoms with E-state index in [1.54, 1.807) is 0 Å². The molecule has 5 heteroatoms. The number of fused-ring (bicyclic) bond motifs is 1. The number of pyridine rings is 2. The summed E-state index contributed by atoms with van der Waals surface area (Å²) in [6.45, 7) is 13.2. The predicted molar refractivity (Wildman–Crippen MR) is 145 cm³/mol. The lowest BCUT2D eigenvalue weighted by atomic mass is 9.76. The van der Waals surface area contributed by atoms with Crippen LogP contribution < -0.4 is 4.90 Å². The smallest absolute Gasteiger partial charge is 0.187 e. The van der Waals surface area contributed by atoms with Crippen molar-refractivity contribution in [1.29, 1.82) is 0 Å². The normalized spacial score (nSPS) is 20.2. The van der Waals surface area contributed by atoms with Crippen LogP contribution in [0.5, 0.6) is 0 Å². The van der Waals surface area contributed by atoms with Crippen LogP contribution in [0.15, 0.2) is 67.0 Å². The van der Waals surface area contributed by atoms with E-state index < -0.39 is 0 Å². The van der Waals surface area contributed by atoms with Crippen molar-refractivity contribution >= 4 is 22.4 Å². The predicted octanol–water partition coefficient (Wildman–Crippen LogP) is 7.40. The number of nitrogens with zero attached hydrogens (tertiary/aromatic N) is 4. The molecule has 0 amide bonds. The molecule has 3 heterocycles. The Morgan fingerprint density at radius 1 is 0.861 bits per heavy atom. The van der Waals surface area contributed by atoms with E-state index in [1.165, 1.54) is 35.8 Å². The molecule has 2 aromatic heterocycles. The third kappa shape index (κ3) is 4.12. The monoisotopic (exact) mass is 474 g/mol. The van der Waals surface area contributed by atoms with Crippen LogP contribution in [0.25, 0.3) is 38.0 Å². The molecule has 1 saturated carbocycles. The van der Waals surface area contributed by atoms with E-state index in [0.717, 1.165) is 41.1 Å². The Kier molecular flexibility index (Phi) is 5.91. The molecule has 2 atom stereocenters. The highest BCUT2D eigenvalue weighted by Gasteiger charge is 2.27. The van der Waals surface area contributed by atoms with Crippen LogP contribution in [0, 0.1) is 6.57 Å². The van der Waals surface area contributed by atoms with Gasteiger partial charge in [0, 0.05) is 47.6 Å². The number of hydrogen-bond acceptors (Lipinski definition) is 4. The number of hydrogen-bond donors (Lipinski definition) is 0. The summed E-state index contributed by atoms with van der Waals surface area (Å²) in [5.74, 6) is 1.55. The molecule has 180 valence electrons. The highest BCUT2D eigenvalue weighted by Crippen LogP contribution is 2.45. The number of benzene rings is 2. The van der Waals surface area contributed by atoms with Crippen LogP contribution in [-0.4, -0.2) is 35.3 Å². The number of aromatic nitrogens is 2. The minimum atomic E-state index is 0.205. The zero-order valence-corrected chi connectivity index (χ0v) is 20.8. The van der Waals surface area contributed by atoms with Crippen molar-refractivity contribution in [1.82, 2.24) is 9.97 Å². The van der Waals surface area contributed by atoms with Gasteiger partial charge in [0.1, 0.15) is 5.82 Å². The average molecular weight is 475 g/mol. The fraction of sp³-hybridized carbons (Fsp3) is 0.323. The van der Waals surface area contributed by atoms with Gasteiger partial charge in [-0.1, -0.05) is 48.9 Å². The second kappa shape index (κ2) is 9.37. The van der Waals surface area contributed by atoms with E-state index in [-0.39, 0.29) is 12.2 Å². The van der Waals surface area contributed by atoms with Crippen molar-refractivity contribution in [3.8, 4) is 22.3 Å². The molecular formula is C31H30N4O. The first kappa shape index (κ1) is 22.7. The van der Waals surface area contributed by atoms with E-state index in [1.807, 2.05) is 36.7 Å². The third-order valence-corrected chi connectivity index (χ3v) is 7.56. The molecule has 1 saturated heterocycles. The fourth-order valence-electron chi connectivity index (χ4n) is 5.66. The van der Waals surface area contributed by atoms with Gasteiger partial charge in [-0.15, -0.1) is 0 Å². The molecule has 2 aliphatic rings. The van der Waals surface area contributed by atoms with Gasteiger partial charge < -0.3 is 9.64 Å². The van der Waals surface area contributed by atoms with Crippen molar-refractivity contribution in [3.05, 3.63) is 84.0 Å². The molecule has 5 nitrogen and oxygen atoms in total. The van der Waals surface area contributed by atoms with Gasteiger partial charge >= 0.3 is 0 Å². The maximum Gasteiger partial charge on any atom is 0.187 e. The quantitative estimate of drug-likeness (QED) is 0.289. The van der Waals surface area contributed by atoms with Gasteiger partial charge in [0.05, 0.1) is 24.3 Å². The van der Waals surface area contributed by atoms with Crippen molar-refractivity contribution < 1.29 is 4.74 Å². The number of anilines is 1. The highest BCUT2D eigenvalue weighted by molar-refractivity contribution is 5.98. The summed E-state index contributed by atoms with van der Waals surface area (Å²) < 4.78 is 5.90. The van der Waals surface area contributed by atoms with Gasteiger partial charge in [-0.25, -0.2) is 9.83 Å². The molecule has 0 unspecified atom stereocenters. The van der Waals surface area contributed by atoms with Gasteiger partial charge in [-0.05, 0) is 55.9 Å². The minimum absolute atomic E-state index is 0.205. The molecule has 0 N–H and O–H groups in total. The van der Waals surface area contributed by atoms with Crippen molar-refractivity contribution in [2.45, 2.75) is 51.2 Å². The Bertz CT molecular complexity index is 1420. The summed E-state index contributed by atoms with van der Waals surface area (Å²) in [6, 6.07) is 18.6. The molecule has 2 aromatic carbocycles. The molecular weight excluding hydrogens is 444 g/mol. The molecule has 2 fully saturated rings. The fourth-order valence-corrected chi connectivity index (χ4v) is 5.66. The number of para-hydroxylation sites is 1. The summed E-state index contributed by atoms with van der Waals surface area (Å²) in [5, 5.41) is 1.23. The Hall–Kier alpha value is -3.75. The summed E-state index contributed by atoms with van der Waals surface area (Å²) in [6.07, 6.45) is 8.17. The van der Waals surface area contributed by atoms with Crippen LogP contribution in [0.4, 0.5) is 11.5 Å². The van der Waals surface area contributed by atoms with Gasteiger partial charge in [0.2, 0.25) is 0 Å². The zero-order valence-electron chi connectivity index (χ0n) is 20.8. The lowest BCUT2D eigenvalue weighted by Crippen LogP contribution is -2.45. The molecule has 1 aliphatic heterocycles. The summed E-state index contributed by atoms with van der Waals surface area (Å²) >= 11 is 0. The van der Waals surface area contributed by atoms with Gasteiger partial charge in [-0.2, -0.15) is 0 Å². The SMILES string of the molecule is [C-]#[N+]c1ccc(-c2cccc3c(C4CCC4)c(-c4ccc(N5C[C@@H](C)O[C@@H](C)C5)nc4)cnc23)cc1. The summed E-state index contributed by atoms with van der Waals surface area (Å²) in [4.78, 5) is 15.7. The van der Waals surface area contributed by atoms with Crippen LogP contribution in [0.3, 0.4) is 0 Å². The second-order valence-corrected chi connectivity index (χ2v) is 10.1. The number of ether oxygens (including phenoxy) is 1. The van der Waals surface area contributed by atoms with Gasteiger partial charge in [0.15, 0.2) is 5.69 Å². The standard InChI is InChI=1S/C31H30N4O/c1-20-18-35(19-21(2)36-20)29-15-12-24(16-33-29)28-17-34-31-26(22-10-13-25(32-3)14-11-22)8-5-9-27(31)30(28)23-6-4-7-23/h5,8-17,20-21,23H,4,6-7,18-19H2,1-2H3/t20-,21+. The Labute approximate surface area is 212 Å². The molecule has 36 heavy (non-hydrogen) atoms. The molecule has 0 spiro atoms. The van der Waals surface area contributed by atoms with E-state index in [0.29, 0.717) is 11.6 Å². The lowest BCUT2D eigenvalue weighted by Gasteiger charge is -2.36. The van der Waals surface area contributed by atoms with E-state index in [4.69, 9.17) is 21.3 Å². The van der Waals surface area contributed by atoms with Crippen molar-refractivity contribution in [2.24, 2.45) is 0 Å². The largest absolute Gasteiger partial charge is 0.372 e. The van der Waals surface area contributed by atoms with E-state index in [9.17, 15) is 0 Å². The average Bonchev–Trinajstić information content (AvgIpc) is 2.87. The topological polar surface area (TPSA) is 42.6 Å². The van der Waals surface area contributed by atoms with E-state index in [2.05, 4.69) is 53.9 Å². The van der Waals surface area contributed by atoms with Gasteiger partial charge in [0.25, 0.3) is 0 Å². The van der Waals surface area contributed by atoms with E-state index >= 15 is 0 Å². The molecule has 6 rings (SSSR count). The van der Waals surface area contributed by atoms with Crippen LogP contribution in [-0.2, 0) is 4.74 Å². The molecule has 1 aliphatic carbocycles.